The van der Waals surface area contributed by atoms with Crippen LogP contribution in [0, 0.1) is 0 Å². The summed E-state index contributed by atoms with van der Waals surface area (Å²) in [5, 5.41) is 23.3. The highest BCUT2D eigenvalue weighted by atomic mass is 32.2. The molecule has 13 heteroatoms. The van der Waals surface area contributed by atoms with Crippen LogP contribution in [0.25, 0.3) is 11.1 Å². The van der Waals surface area contributed by atoms with Gasteiger partial charge in [0.25, 0.3) is 0 Å². The second kappa shape index (κ2) is 13.6. The lowest BCUT2D eigenvalue weighted by Gasteiger charge is -2.38. The number of hydrogen-bond acceptors (Lipinski definition) is 9. The number of sulfonamides is 2. The van der Waals surface area contributed by atoms with E-state index in [-0.39, 0.29) is 41.3 Å². The van der Waals surface area contributed by atoms with Gasteiger partial charge < -0.3 is 25.0 Å². The van der Waals surface area contributed by atoms with Crippen molar-refractivity contribution in [3.63, 3.8) is 0 Å². The summed E-state index contributed by atoms with van der Waals surface area (Å²) >= 11 is 0. The van der Waals surface area contributed by atoms with Crippen LogP contribution in [-0.4, -0.2) is 89.0 Å². The molecule has 3 aromatic carbocycles. The van der Waals surface area contributed by atoms with E-state index in [4.69, 9.17) is 9.47 Å². The summed E-state index contributed by atoms with van der Waals surface area (Å²) in [6.07, 6.45) is 0.926. The van der Waals surface area contributed by atoms with Gasteiger partial charge in [-0.3, -0.25) is 0 Å². The molecule has 238 valence electrons. The number of nitrogens with one attached hydrogen (secondary N) is 2. The van der Waals surface area contributed by atoms with E-state index in [0.29, 0.717) is 39.0 Å². The molecule has 2 fully saturated rings. The van der Waals surface area contributed by atoms with Gasteiger partial charge >= 0.3 is 0 Å². The van der Waals surface area contributed by atoms with Gasteiger partial charge in [0, 0.05) is 25.7 Å². The van der Waals surface area contributed by atoms with Gasteiger partial charge in [-0.2, -0.15) is 4.31 Å². The molecule has 0 amide bonds. The van der Waals surface area contributed by atoms with Crippen molar-refractivity contribution < 1.29 is 36.5 Å². The third-order valence-electron chi connectivity index (χ3n) is 8.24. The molecule has 0 saturated carbocycles. The first kappa shape index (κ1) is 32.5. The van der Waals surface area contributed by atoms with Crippen molar-refractivity contribution in [2.75, 3.05) is 39.9 Å². The molecule has 11 nitrogen and oxygen atoms in total. The van der Waals surface area contributed by atoms with E-state index < -0.39 is 31.8 Å². The fraction of sp³-hybridized carbons (Fsp3) is 0.419. The number of para-hydroxylation sites is 1. The van der Waals surface area contributed by atoms with E-state index in [1.807, 2.05) is 30.3 Å². The highest BCUT2D eigenvalue weighted by Gasteiger charge is 2.44. The van der Waals surface area contributed by atoms with Crippen LogP contribution in [-0.2, 0) is 31.4 Å². The largest absolute Gasteiger partial charge is 0.489 e. The van der Waals surface area contributed by atoms with Crippen molar-refractivity contribution in [2.24, 2.45) is 0 Å². The van der Waals surface area contributed by atoms with Crippen LogP contribution in [0.5, 0.6) is 5.75 Å². The van der Waals surface area contributed by atoms with Gasteiger partial charge in [-0.25, -0.2) is 21.6 Å². The van der Waals surface area contributed by atoms with Crippen LogP contribution in [0.3, 0.4) is 0 Å². The quantitative estimate of drug-likeness (QED) is 0.232. The summed E-state index contributed by atoms with van der Waals surface area (Å²) in [5.74, 6) is 0.161. The Morgan fingerprint density at radius 1 is 1.00 bits per heavy atom. The van der Waals surface area contributed by atoms with Crippen LogP contribution in [0.4, 0.5) is 0 Å². The second-order valence-corrected chi connectivity index (χ2v) is 15.0. The summed E-state index contributed by atoms with van der Waals surface area (Å²) in [6.45, 7) is 1.16. The number of rotatable bonds is 12. The fourth-order valence-electron chi connectivity index (χ4n) is 5.74. The number of hydrogen-bond donors (Lipinski definition) is 4. The molecule has 2 atom stereocenters. The average molecular weight is 646 g/mol. The zero-order valence-corrected chi connectivity index (χ0v) is 26.2. The maximum atomic E-state index is 13.6. The molecular formula is C31H39N3O8S2. The molecule has 3 aromatic rings. The van der Waals surface area contributed by atoms with Crippen LogP contribution in [0.1, 0.15) is 24.8 Å². The molecule has 2 heterocycles. The Balaban J connectivity index is 1.12. The molecule has 2 aliphatic heterocycles. The summed E-state index contributed by atoms with van der Waals surface area (Å²) in [7, 11) is -6.09. The van der Waals surface area contributed by atoms with Crippen molar-refractivity contribution in [2.45, 2.75) is 53.4 Å². The molecule has 44 heavy (non-hydrogen) atoms. The third kappa shape index (κ3) is 7.32. The highest BCUT2D eigenvalue weighted by molar-refractivity contribution is 7.89. The van der Waals surface area contributed by atoms with Crippen LogP contribution in [0.15, 0.2) is 82.6 Å². The fourth-order valence-corrected chi connectivity index (χ4v) is 8.10. The summed E-state index contributed by atoms with van der Waals surface area (Å²) in [4.78, 5) is 0.234. The van der Waals surface area contributed by atoms with E-state index in [2.05, 4.69) is 10.0 Å². The van der Waals surface area contributed by atoms with E-state index >= 15 is 0 Å². The molecule has 0 radical (unpaired) electrons. The van der Waals surface area contributed by atoms with Gasteiger partial charge in [-0.05, 0) is 73.3 Å². The van der Waals surface area contributed by atoms with E-state index in [9.17, 15) is 27.0 Å². The number of aliphatic hydroxyl groups is 2. The number of nitrogens with zero attached hydrogens (tertiary/aromatic N) is 1. The lowest BCUT2D eigenvalue weighted by atomic mass is 9.88. The smallest absolute Gasteiger partial charge is 0.243 e. The standard InChI is InChI=1S/C31H39N3O8S2/c1-32-43(37,38)30-11-3-2-10-29(30)41-22-27(36)19-33-26-18-31(42-21-26)12-14-34(15-13-31)44(39,40)28-9-5-8-25(17-28)24-7-4-6-23(16-24)20-35/h2-11,16-17,26-27,32-33,35-36H,12-15,18-22H2,1H3/t26?,27-/m0/s1. The van der Waals surface area contributed by atoms with Crippen molar-refractivity contribution in [1.82, 2.24) is 14.3 Å². The SMILES string of the molecule is CNS(=O)(=O)c1ccccc1OC[C@@H](O)CNC1COC2(CCN(S(=O)(=O)c3cccc(-c4cccc(CO)c4)c3)CC2)C1. The zero-order valence-electron chi connectivity index (χ0n) is 24.6. The summed E-state index contributed by atoms with van der Waals surface area (Å²) < 4.78 is 67.2. The molecule has 2 saturated heterocycles. The molecular weight excluding hydrogens is 606 g/mol. The maximum absolute atomic E-state index is 13.6. The molecule has 2 aliphatic rings. The minimum Gasteiger partial charge on any atom is -0.489 e. The first-order chi connectivity index (χ1) is 21.0. The van der Waals surface area contributed by atoms with Crippen LogP contribution < -0.4 is 14.8 Å². The Bertz CT molecular complexity index is 1660. The minimum atomic E-state index is -3.71. The molecule has 0 aromatic heterocycles. The first-order valence-corrected chi connectivity index (χ1v) is 17.5. The Hall–Kier alpha value is -2.88. The van der Waals surface area contributed by atoms with Crippen molar-refractivity contribution in [3.8, 4) is 16.9 Å². The Labute approximate surface area is 258 Å². The maximum Gasteiger partial charge on any atom is 0.243 e. The molecule has 0 aliphatic carbocycles. The normalized spacial score (nSPS) is 19.7. The van der Waals surface area contributed by atoms with Gasteiger partial charge in [0.15, 0.2) is 0 Å². The van der Waals surface area contributed by atoms with Gasteiger partial charge in [0.05, 0.1) is 23.7 Å². The molecule has 5 rings (SSSR count). The Morgan fingerprint density at radius 2 is 1.70 bits per heavy atom. The predicted molar refractivity (Wildman–Crippen MR) is 165 cm³/mol. The molecule has 4 N–H and O–H groups in total. The molecule has 0 bridgehead atoms. The van der Waals surface area contributed by atoms with Crippen molar-refractivity contribution in [3.05, 3.63) is 78.4 Å². The van der Waals surface area contributed by atoms with E-state index in [0.717, 1.165) is 16.7 Å². The van der Waals surface area contributed by atoms with Gasteiger partial charge in [-0.1, -0.05) is 42.5 Å². The number of piperidine rings is 1. The number of ether oxygens (including phenoxy) is 2. The second-order valence-electron chi connectivity index (χ2n) is 11.2. The van der Waals surface area contributed by atoms with Crippen LogP contribution >= 0.6 is 0 Å². The third-order valence-corrected chi connectivity index (χ3v) is 11.6. The number of benzene rings is 3. The average Bonchev–Trinajstić information content (AvgIpc) is 3.45. The monoisotopic (exact) mass is 645 g/mol. The van der Waals surface area contributed by atoms with Gasteiger partial charge in [-0.15, -0.1) is 0 Å². The number of aliphatic hydroxyl groups excluding tert-OH is 2. The lowest BCUT2D eigenvalue weighted by Crippen LogP contribution is -2.47. The first-order valence-electron chi connectivity index (χ1n) is 14.6. The zero-order chi connectivity index (χ0) is 31.4. The van der Waals surface area contributed by atoms with E-state index in [1.54, 1.807) is 36.4 Å². The Kier molecular flexibility index (Phi) is 10.1. The summed E-state index contributed by atoms with van der Waals surface area (Å²) in [6, 6.07) is 20.5. The topological polar surface area (TPSA) is 154 Å². The lowest BCUT2D eigenvalue weighted by molar-refractivity contribution is -0.0312. The minimum absolute atomic E-state index is 0.00249. The molecule has 1 unspecified atom stereocenters. The van der Waals surface area contributed by atoms with Crippen LogP contribution in [0.2, 0.25) is 0 Å². The van der Waals surface area contributed by atoms with Gasteiger partial charge in [0.2, 0.25) is 20.0 Å². The van der Waals surface area contributed by atoms with Crippen molar-refractivity contribution >= 4 is 20.0 Å². The predicted octanol–water partition coefficient (Wildman–Crippen LogP) is 2.10. The van der Waals surface area contributed by atoms with E-state index in [1.165, 1.54) is 17.4 Å². The molecule has 1 spiro atoms. The highest BCUT2D eigenvalue weighted by Crippen LogP contribution is 2.38. The Morgan fingerprint density at radius 3 is 2.43 bits per heavy atom. The van der Waals surface area contributed by atoms with Crippen molar-refractivity contribution in [1.29, 1.82) is 0 Å². The summed E-state index contributed by atoms with van der Waals surface area (Å²) in [5.41, 5.74) is 1.93. The van der Waals surface area contributed by atoms with Gasteiger partial charge in [0.1, 0.15) is 23.4 Å².